The molecule has 0 aliphatic carbocycles. The van der Waals surface area contributed by atoms with Gasteiger partial charge < -0.3 is 0 Å². The van der Waals surface area contributed by atoms with E-state index >= 15 is 0 Å². The van der Waals surface area contributed by atoms with Gasteiger partial charge in [0.05, 0.1) is 4.47 Å². The first-order valence-electron chi connectivity index (χ1n) is 4.16. The Balaban J connectivity index is 2.26. The van der Waals surface area contributed by atoms with E-state index in [4.69, 9.17) is 11.6 Å². The molecule has 0 N–H and O–H groups in total. The molecule has 15 heavy (non-hydrogen) atoms. The summed E-state index contributed by atoms with van der Waals surface area (Å²) in [7, 11) is 0. The lowest BCUT2D eigenvalue weighted by Gasteiger charge is -2.01. The first-order valence-corrected chi connectivity index (χ1v) is 6.15. The third-order valence-corrected chi connectivity index (χ3v) is 3.68. The minimum atomic E-state index is 0.493. The van der Waals surface area contributed by atoms with Crippen LogP contribution in [0, 0.1) is 0 Å². The summed E-state index contributed by atoms with van der Waals surface area (Å²) in [5, 5.41) is 2.21. The van der Waals surface area contributed by atoms with E-state index < -0.39 is 0 Å². The average molecular weight is 302 g/mol. The van der Waals surface area contributed by atoms with Crippen molar-refractivity contribution >= 4 is 39.3 Å². The van der Waals surface area contributed by atoms with Gasteiger partial charge in [-0.05, 0) is 52.0 Å². The molecule has 2 rings (SSSR count). The summed E-state index contributed by atoms with van der Waals surface area (Å²) >= 11 is 10.7. The van der Waals surface area contributed by atoms with Crippen LogP contribution in [0.1, 0.15) is 0 Å². The fourth-order valence-electron chi connectivity index (χ4n) is 0.992. The van der Waals surface area contributed by atoms with Crippen LogP contribution < -0.4 is 0 Å². The summed E-state index contributed by atoms with van der Waals surface area (Å²) in [6, 6.07) is 9.34. The third kappa shape index (κ3) is 2.93. The Bertz CT molecular complexity index is 478. The number of nitrogens with zero attached hydrogens (tertiary/aromatic N) is 2. The second kappa shape index (κ2) is 4.96. The molecule has 0 atom stereocenters. The number of rotatable bonds is 2. The Morgan fingerprint density at radius 2 is 2.07 bits per heavy atom. The molecule has 0 saturated heterocycles. The minimum Gasteiger partial charge on any atom is -0.248 e. The Morgan fingerprint density at radius 1 is 1.20 bits per heavy atom. The van der Waals surface area contributed by atoms with Crippen molar-refractivity contribution in [3.8, 4) is 0 Å². The molecular formula is C10H6BrClN2S. The lowest BCUT2D eigenvalue weighted by Crippen LogP contribution is -1.83. The smallest absolute Gasteiger partial charge is 0.130 e. The van der Waals surface area contributed by atoms with Gasteiger partial charge in [-0.2, -0.15) is 0 Å². The van der Waals surface area contributed by atoms with Gasteiger partial charge in [0.25, 0.3) is 0 Å². The zero-order valence-electron chi connectivity index (χ0n) is 7.52. The van der Waals surface area contributed by atoms with Crippen LogP contribution in [0.25, 0.3) is 0 Å². The fourth-order valence-corrected chi connectivity index (χ4v) is 2.47. The molecule has 0 aliphatic rings. The number of halogens is 2. The van der Waals surface area contributed by atoms with Gasteiger partial charge in [0.15, 0.2) is 0 Å². The highest BCUT2D eigenvalue weighted by Crippen LogP contribution is 2.30. The Kier molecular flexibility index (Phi) is 3.61. The molecule has 0 aromatic carbocycles. The van der Waals surface area contributed by atoms with Crippen LogP contribution in [0.2, 0.25) is 5.15 Å². The van der Waals surface area contributed by atoms with Gasteiger partial charge in [0.1, 0.15) is 15.2 Å². The first kappa shape index (κ1) is 10.9. The monoisotopic (exact) mass is 300 g/mol. The lowest BCUT2D eigenvalue weighted by molar-refractivity contribution is 1.08. The van der Waals surface area contributed by atoms with E-state index in [9.17, 15) is 0 Å². The van der Waals surface area contributed by atoms with Gasteiger partial charge in [-0.15, -0.1) is 0 Å². The molecule has 0 spiro atoms. The molecule has 0 aliphatic heterocycles. The van der Waals surface area contributed by atoms with Crippen molar-refractivity contribution in [3.63, 3.8) is 0 Å². The summed E-state index contributed by atoms with van der Waals surface area (Å²) < 4.78 is 0.955. The van der Waals surface area contributed by atoms with E-state index in [-0.39, 0.29) is 0 Å². The summed E-state index contributed by atoms with van der Waals surface area (Å²) in [5.41, 5.74) is 0. The molecule has 0 saturated carbocycles. The molecule has 2 heterocycles. The van der Waals surface area contributed by atoms with Crippen molar-refractivity contribution in [1.82, 2.24) is 9.97 Å². The van der Waals surface area contributed by atoms with E-state index in [0.717, 1.165) is 14.5 Å². The largest absolute Gasteiger partial charge is 0.248 e. The molecule has 2 nitrogen and oxygen atoms in total. The van der Waals surface area contributed by atoms with E-state index in [2.05, 4.69) is 25.9 Å². The van der Waals surface area contributed by atoms with Crippen molar-refractivity contribution in [2.24, 2.45) is 0 Å². The lowest BCUT2D eigenvalue weighted by atomic mass is 10.5. The number of hydrogen-bond acceptors (Lipinski definition) is 3. The quantitative estimate of drug-likeness (QED) is 0.783. The fraction of sp³-hybridized carbons (Fsp3) is 0. The molecule has 0 bridgehead atoms. The Labute approximate surface area is 105 Å². The number of hydrogen-bond donors (Lipinski definition) is 0. The molecule has 0 fully saturated rings. The molecule has 0 unspecified atom stereocenters. The minimum absolute atomic E-state index is 0.493. The highest BCUT2D eigenvalue weighted by Gasteiger charge is 2.04. The maximum atomic E-state index is 5.79. The summed E-state index contributed by atoms with van der Waals surface area (Å²) in [6.45, 7) is 0. The number of aromatic nitrogens is 2. The van der Waals surface area contributed by atoms with Crippen molar-refractivity contribution in [2.45, 2.75) is 10.1 Å². The second-order valence-electron chi connectivity index (χ2n) is 2.69. The van der Waals surface area contributed by atoms with Gasteiger partial charge in [-0.25, -0.2) is 9.97 Å². The maximum absolute atomic E-state index is 5.79. The topological polar surface area (TPSA) is 25.8 Å². The van der Waals surface area contributed by atoms with E-state index in [0.29, 0.717) is 5.15 Å². The van der Waals surface area contributed by atoms with E-state index in [1.54, 1.807) is 12.3 Å². The van der Waals surface area contributed by atoms with Crippen LogP contribution in [0.3, 0.4) is 0 Å². The van der Waals surface area contributed by atoms with E-state index in [1.807, 2.05) is 24.3 Å². The molecule has 2 aromatic rings. The standard InChI is InChI=1S/C10H6BrClN2S/c11-7-3-2-6-13-10(7)15-9-5-1-4-8(12)14-9/h1-6H. The van der Waals surface area contributed by atoms with Crippen molar-refractivity contribution in [1.29, 1.82) is 0 Å². The maximum Gasteiger partial charge on any atom is 0.130 e. The molecule has 2 aromatic heterocycles. The molecule has 76 valence electrons. The average Bonchev–Trinajstić information content (AvgIpc) is 2.22. The van der Waals surface area contributed by atoms with Gasteiger partial charge in [-0.1, -0.05) is 17.7 Å². The number of pyridine rings is 2. The molecule has 0 radical (unpaired) electrons. The SMILES string of the molecule is Clc1cccc(Sc2ncccc2Br)n1. The van der Waals surface area contributed by atoms with Gasteiger partial charge in [0, 0.05) is 6.20 Å². The van der Waals surface area contributed by atoms with Crippen LogP contribution in [0.15, 0.2) is 51.1 Å². The predicted molar refractivity (Wildman–Crippen MR) is 65.3 cm³/mol. The van der Waals surface area contributed by atoms with E-state index in [1.165, 1.54) is 11.8 Å². The van der Waals surface area contributed by atoms with Crippen molar-refractivity contribution in [3.05, 3.63) is 46.2 Å². The second-order valence-corrected chi connectivity index (χ2v) is 4.94. The molecular weight excluding hydrogens is 296 g/mol. The van der Waals surface area contributed by atoms with Gasteiger partial charge in [-0.3, -0.25) is 0 Å². The van der Waals surface area contributed by atoms with Crippen LogP contribution in [-0.4, -0.2) is 9.97 Å². The van der Waals surface area contributed by atoms with Gasteiger partial charge in [0.2, 0.25) is 0 Å². The Morgan fingerprint density at radius 3 is 2.80 bits per heavy atom. The summed E-state index contributed by atoms with van der Waals surface area (Å²) in [5.74, 6) is 0. The van der Waals surface area contributed by atoms with Crippen LogP contribution in [-0.2, 0) is 0 Å². The zero-order valence-corrected chi connectivity index (χ0v) is 10.7. The van der Waals surface area contributed by atoms with Crippen LogP contribution in [0.4, 0.5) is 0 Å². The summed E-state index contributed by atoms with van der Waals surface area (Å²) in [4.78, 5) is 8.41. The molecule has 0 amide bonds. The normalized spacial score (nSPS) is 10.3. The van der Waals surface area contributed by atoms with Crippen LogP contribution >= 0.6 is 39.3 Å². The van der Waals surface area contributed by atoms with Crippen LogP contribution in [0.5, 0.6) is 0 Å². The highest BCUT2D eigenvalue weighted by molar-refractivity contribution is 9.10. The zero-order chi connectivity index (χ0) is 10.7. The highest BCUT2D eigenvalue weighted by atomic mass is 79.9. The molecule has 5 heteroatoms. The summed E-state index contributed by atoms with van der Waals surface area (Å²) in [6.07, 6.45) is 1.75. The Hall–Kier alpha value is -0.580. The first-order chi connectivity index (χ1) is 7.25. The predicted octanol–water partition coefficient (Wildman–Crippen LogP) is 4.04. The third-order valence-electron chi connectivity index (χ3n) is 1.62. The van der Waals surface area contributed by atoms with Crippen molar-refractivity contribution in [2.75, 3.05) is 0 Å². The van der Waals surface area contributed by atoms with Gasteiger partial charge >= 0.3 is 0 Å². The van der Waals surface area contributed by atoms with Crippen molar-refractivity contribution < 1.29 is 0 Å².